The summed E-state index contributed by atoms with van der Waals surface area (Å²) >= 11 is 0. The second-order valence-corrected chi connectivity index (χ2v) is 6.70. The molecule has 1 unspecified atom stereocenters. The van der Waals surface area contributed by atoms with Crippen molar-refractivity contribution < 1.29 is 9.47 Å². The molecule has 0 bridgehead atoms. The summed E-state index contributed by atoms with van der Waals surface area (Å²) in [6, 6.07) is 15.2. The van der Waals surface area contributed by atoms with Crippen LogP contribution in [-0.2, 0) is 11.3 Å². The Morgan fingerprint density at radius 1 is 1.09 bits per heavy atom. The standard InChI is InChI=1S/C20H23NO2/c1-21-12-17-10-15(14-6-7-14)8-9-19(17)20(23-13-21)16-4-3-5-18(11-16)22-2/h3-5,8-11,14,20H,6-7,12-13H2,1-2H3. The lowest BCUT2D eigenvalue weighted by Gasteiger charge is -2.19. The van der Waals surface area contributed by atoms with Gasteiger partial charge in [-0.3, -0.25) is 4.90 Å². The SMILES string of the molecule is COc1cccc(C2OCN(C)Cc3cc(C4CC4)ccc32)c1. The Morgan fingerprint density at radius 2 is 1.96 bits per heavy atom. The zero-order chi connectivity index (χ0) is 15.8. The minimum absolute atomic E-state index is 0.0293. The third kappa shape index (κ3) is 2.99. The molecule has 23 heavy (non-hydrogen) atoms. The number of benzene rings is 2. The summed E-state index contributed by atoms with van der Waals surface area (Å²) in [5.41, 5.74) is 5.32. The van der Waals surface area contributed by atoms with Crippen molar-refractivity contribution in [2.45, 2.75) is 31.4 Å². The number of nitrogens with zero attached hydrogens (tertiary/aromatic N) is 1. The van der Waals surface area contributed by atoms with Gasteiger partial charge in [0, 0.05) is 6.54 Å². The first-order valence-corrected chi connectivity index (χ1v) is 8.31. The molecule has 1 aliphatic heterocycles. The van der Waals surface area contributed by atoms with Crippen molar-refractivity contribution in [3.05, 3.63) is 64.7 Å². The van der Waals surface area contributed by atoms with Crippen LogP contribution in [0.4, 0.5) is 0 Å². The maximum atomic E-state index is 6.21. The van der Waals surface area contributed by atoms with Crippen molar-refractivity contribution in [1.82, 2.24) is 4.90 Å². The molecular formula is C20H23NO2. The summed E-state index contributed by atoms with van der Waals surface area (Å²) in [5.74, 6) is 1.66. The molecule has 0 spiro atoms. The molecule has 1 saturated carbocycles. The molecule has 120 valence electrons. The maximum Gasteiger partial charge on any atom is 0.119 e. The molecule has 1 heterocycles. The first kappa shape index (κ1) is 14.7. The lowest BCUT2D eigenvalue weighted by molar-refractivity contribution is 0.0116. The molecule has 2 aromatic carbocycles. The van der Waals surface area contributed by atoms with Crippen LogP contribution in [0.3, 0.4) is 0 Å². The van der Waals surface area contributed by atoms with Crippen LogP contribution in [0.5, 0.6) is 5.75 Å². The van der Waals surface area contributed by atoms with Crippen molar-refractivity contribution in [3.63, 3.8) is 0 Å². The van der Waals surface area contributed by atoms with E-state index in [1.54, 1.807) is 7.11 Å². The minimum Gasteiger partial charge on any atom is -0.497 e. The van der Waals surface area contributed by atoms with E-state index in [0.29, 0.717) is 6.73 Å². The highest BCUT2D eigenvalue weighted by molar-refractivity contribution is 5.42. The second kappa shape index (κ2) is 5.99. The van der Waals surface area contributed by atoms with Gasteiger partial charge in [-0.05, 0) is 60.2 Å². The molecule has 1 fully saturated rings. The Hall–Kier alpha value is -1.84. The Kier molecular flexibility index (Phi) is 3.83. The van der Waals surface area contributed by atoms with Gasteiger partial charge in [0.25, 0.3) is 0 Å². The van der Waals surface area contributed by atoms with Gasteiger partial charge >= 0.3 is 0 Å². The number of hydrogen-bond acceptors (Lipinski definition) is 3. The van der Waals surface area contributed by atoms with Crippen LogP contribution in [0.1, 0.15) is 47.1 Å². The molecule has 3 nitrogen and oxygen atoms in total. The van der Waals surface area contributed by atoms with Crippen LogP contribution >= 0.6 is 0 Å². The van der Waals surface area contributed by atoms with Crippen LogP contribution in [0.2, 0.25) is 0 Å². The van der Waals surface area contributed by atoms with Crippen LogP contribution in [0.15, 0.2) is 42.5 Å². The van der Waals surface area contributed by atoms with Gasteiger partial charge in [-0.2, -0.15) is 0 Å². The van der Waals surface area contributed by atoms with E-state index in [9.17, 15) is 0 Å². The van der Waals surface area contributed by atoms with Crippen molar-refractivity contribution >= 4 is 0 Å². The average Bonchev–Trinajstić information content (AvgIpc) is 3.41. The smallest absolute Gasteiger partial charge is 0.119 e. The number of rotatable bonds is 3. The van der Waals surface area contributed by atoms with Crippen molar-refractivity contribution in [3.8, 4) is 5.75 Å². The van der Waals surface area contributed by atoms with E-state index in [4.69, 9.17) is 9.47 Å². The second-order valence-electron chi connectivity index (χ2n) is 6.70. The molecule has 0 saturated heterocycles. The van der Waals surface area contributed by atoms with Gasteiger partial charge in [0.05, 0.1) is 7.11 Å². The summed E-state index contributed by atoms with van der Waals surface area (Å²) in [7, 11) is 3.82. The molecule has 0 amide bonds. The maximum absolute atomic E-state index is 6.21. The summed E-state index contributed by atoms with van der Waals surface area (Å²) < 4.78 is 11.6. The zero-order valence-corrected chi connectivity index (χ0v) is 13.8. The number of methoxy groups -OCH3 is 1. The van der Waals surface area contributed by atoms with E-state index in [1.807, 2.05) is 12.1 Å². The first-order chi connectivity index (χ1) is 11.2. The fourth-order valence-electron chi connectivity index (χ4n) is 3.40. The highest BCUT2D eigenvalue weighted by Gasteiger charge is 2.27. The fourth-order valence-corrected chi connectivity index (χ4v) is 3.40. The summed E-state index contributed by atoms with van der Waals surface area (Å²) in [5, 5.41) is 0. The summed E-state index contributed by atoms with van der Waals surface area (Å²) in [4.78, 5) is 2.23. The van der Waals surface area contributed by atoms with E-state index in [-0.39, 0.29) is 6.10 Å². The average molecular weight is 309 g/mol. The molecule has 2 aliphatic rings. The number of hydrogen-bond donors (Lipinski definition) is 0. The van der Waals surface area contributed by atoms with Crippen molar-refractivity contribution in [1.29, 1.82) is 0 Å². The molecule has 1 atom stereocenters. The van der Waals surface area contributed by atoms with E-state index in [0.717, 1.165) is 23.8 Å². The quantitative estimate of drug-likeness (QED) is 0.852. The van der Waals surface area contributed by atoms with Crippen LogP contribution in [0, 0.1) is 0 Å². The predicted octanol–water partition coefficient (Wildman–Crippen LogP) is 4.08. The third-order valence-corrected chi connectivity index (χ3v) is 4.80. The van der Waals surface area contributed by atoms with Crippen LogP contribution < -0.4 is 4.74 Å². The number of ether oxygens (including phenoxy) is 2. The van der Waals surface area contributed by atoms with Crippen molar-refractivity contribution in [2.75, 3.05) is 20.9 Å². The van der Waals surface area contributed by atoms with Crippen LogP contribution in [-0.4, -0.2) is 25.8 Å². The van der Waals surface area contributed by atoms with Gasteiger partial charge < -0.3 is 9.47 Å². The zero-order valence-electron chi connectivity index (χ0n) is 13.8. The highest BCUT2D eigenvalue weighted by atomic mass is 16.5. The minimum atomic E-state index is -0.0293. The van der Waals surface area contributed by atoms with Gasteiger partial charge in [-0.25, -0.2) is 0 Å². The van der Waals surface area contributed by atoms with Gasteiger partial charge in [-0.1, -0.05) is 30.3 Å². The van der Waals surface area contributed by atoms with E-state index in [2.05, 4.69) is 42.3 Å². The fraction of sp³-hybridized carbons (Fsp3) is 0.400. The first-order valence-electron chi connectivity index (χ1n) is 8.31. The molecule has 0 N–H and O–H groups in total. The van der Waals surface area contributed by atoms with Gasteiger partial charge in [0.15, 0.2) is 0 Å². The monoisotopic (exact) mass is 309 g/mol. The van der Waals surface area contributed by atoms with E-state index >= 15 is 0 Å². The Labute approximate surface area is 137 Å². The third-order valence-electron chi connectivity index (χ3n) is 4.80. The molecule has 4 rings (SSSR count). The largest absolute Gasteiger partial charge is 0.497 e. The molecule has 2 aromatic rings. The highest BCUT2D eigenvalue weighted by Crippen LogP contribution is 2.42. The van der Waals surface area contributed by atoms with Gasteiger partial charge in [0.1, 0.15) is 18.6 Å². The van der Waals surface area contributed by atoms with Gasteiger partial charge in [-0.15, -0.1) is 0 Å². The summed E-state index contributed by atoms with van der Waals surface area (Å²) in [6.07, 6.45) is 2.65. The van der Waals surface area contributed by atoms with E-state index in [1.165, 1.54) is 29.5 Å². The molecule has 0 radical (unpaired) electrons. The lowest BCUT2D eigenvalue weighted by Crippen LogP contribution is -2.19. The Balaban J connectivity index is 1.75. The van der Waals surface area contributed by atoms with E-state index < -0.39 is 0 Å². The van der Waals surface area contributed by atoms with Crippen molar-refractivity contribution in [2.24, 2.45) is 0 Å². The normalized spacial score (nSPS) is 21.6. The molecular weight excluding hydrogens is 286 g/mol. The molecule has 1 aliphatic carbocycles. The number of fused-ring (bicyclic) bond motifs is 1. The van der Waals surface area contributed by atoms with Gasteiger partial charge in [0.2, 0.25) is 0 Å². The van der Waals surface area contributed by atoms with Crippen LogP contribution in [0.25, 0.3) is 0 Å². The predicted molar refractivity (Wildman–Crippen MR) is 90.7 cm³/mol. The summed E-state index contributed by atoms with van der Waals surface area (Å²) in [6.45, 7) is 1.58. The Morgan fingerprint density at radius 3 is 2.74 bits per heavy atom. The lowest BCUT2D eigenvalue weighted by atomic mass is 9.94. The Bertz CT molecular complexity index is 709. The molecule has 0 aromatic heterocycles. The topological polar surface area (TPSA) is 21.7 Å². The molecule has 3 heteroatoms.